The van der Waals surface area contributed by atoms with Crippen LogP contribution in [0, 0.1) is 11.8 Å². The summed E-state index contributed by atoms with van der Waals surface area (Å²) in [6.45, 7) is 4.74. The van der Waals surface area contributed by atoms with Crippen LogP contribution in [0.5, 0.6) is 0 Å². The number of carbonyl (C=O) groups is 2. The first-order valence-corrected chi connectivity index (χ1v) is 9.45. The minimum Gasteiger partial charge on any atom is -0.378 e. The molecule has 2 N–H and O–H groups in total. The van der Waals surface area contributed by atoms with Crippen molar-refractivity contribution in [2.24, 2.45) is 17.6 Å². The molecule has 4 nitrogen and oxygen atoms in total. The highest BCUT2D eigenvalue weighted by atomic mass is 16.5. The lowest BCUT2D eigenvalue weighted by Gasteiger charge is -2.26. The van der Waals surface area contributed by atoms with Crippen LogP contribution >= 0.6 is 0 Å². The third kappa shape index (κ3) is 9.09. The van der Waals surface area contributed by atoms with Gasteiger partial charge in [-0.3, -0.25) is 9.59 Å². The maximum atomic E-state index is 11.2. The number of amides is 1. The van der Waals surface area contributed by atoms with Gasteiger partial charge in [-0.25, -0.2) is 0 Å². The number of hydrogen-bond donors (Lipinski definition) is 1. The normalized spacial score (nSPS) is 25.3. The van der Waals surface area contributed by atoms with Gasteiger partial charge in [0.2, 0.25) is 5.91 Å². The summed E-state index contributed by atoms with van der Waals surface area (Å²) in [6, 6.07) is 0. The van der Waals surface area contributed by atoms with Gasteiger partial charge in [0.1, 0.15) is 5.78 Å². The predicted octanol–water partition coefficient (Wildman–Crippen LogP) is 4.00. The molecule has 2 aliphatic carbocycles. The molecule has 0 aromatic rings. The van der Waals surface area contributed by atoms with Crippen LogP contribution in [-0.2, 0) is 14.3 Å². The van der Waals surface area contributed by atoms with Gasteiger partial charge >= 0.3 is 0 Å². The first-order chi connectivity index (χ1) is 11.0. The maximum Gasteiger partial charge on any atom is 0.219 e. The average Bonchev–Trinajstić information content (AvgIpc) is 2.57. The Morgan fingerprint density at radius 2 is 1.61 bits per heavy atom. The molecule has 0 aromatic heterocycles. The molecule has 0 atom stereocenters. The fourth-order valence-corrected chi connectivity index (χ4v) is 3.44. The van der Waals surface area contributed by atoms with Crippen LogP contribution in [0.1, 0.15) is 84.5 Å². The monoisotopic (exact) mass is 325 g/mol. The molecule has 2 saturated carbocycles. The van der Waals surface area contributed by atoms with Crippen molar-refractivity contribution >= 4 is 11.7 Å². The molecular formula is C19H35NO3. The Bertz CT molecular complexity index is 343. The minimum atomic E-state index is -0.274. The Labute approximate surface area is 141 Å². The summed E-state index contributed by atoms with van der Waals surface area (Å²) in [4.78, 5) is 21.6. The van der Waals surface area contributed by atoms with E-state index in [2.05, 4.69) is 6.92 Å². The molecule has 23 heavy (non-hydrogen) atoms. The molecule has 0 radical (unpaired) electrons. The summed E-state index contributed by atoms with van der Waals surface area (Å²) >= 11 is 0. The molecular weight excluding hydrogens is 290 g/mol. The van der Waals surface area contributed by atoms with E-state index in [4.69, 9.17) is 10.5 Å². The second-order valence-corrected chi connectivity index (χ2v) is 7.12. The van der Waals surface area contributed by atoms with Crippen molar-refractivity contribution in [2.75, 3.05) is 6.61 Å². The van der Waals surface area contributed by atoms with Gasteiger partial charge in [-0.05, 0) is 44.4 Å². The fourth-order valence-electron chi connectivity index (χ4n) is 3.44. The molecule has 2 rings (SSSR count). The van der Waals surface area contributed by atoms with Crippen LogP contribution < -0.4 is 5.73 Å². The van der Waals surface area contributed by atoms with Gasteiger partial charge in [0.05, 0.1) is 12.7 Å². The zero-order valence-corrected chi connectivity index (χ0v) is 15.0. The quantitative estimate of drug-likeness (QED) is 0.802. The largest absolute Gasteiger partial charge is 0.378 e. The van der Waals surface area contributed by atoms with Gasteiger partial charge in [-0.15, -0.1) is 0 Å². The zero-order chi connectivity index (χ0) is 17.1. The molecule has 2 aliphatic rings. The average molecular weight is 325 g/mol. The minimum absolute atomic E-state index is 0.274. The topological polar surface area (TPSA) is 69.4 Å². The van der Waals surface area contributed by atoms with E-state index in [9.17, 15) is 9.59 Å². The Balaban J connectivity index is 0.000000238. The molecule has 2 fully saturated rings. The highest BCUT2D eigenvalue weighted by Crippen LogP contribution is 2.25. The van der Waals surface area contributed by atoms with E-state index in [0.29, 0.717) is 30.8 Å². The van der Waals surface area contributed by atoms with Crippen molar-refractivity contribution in [1.29, 1.82) is 0 Å². The smallest absolute Gasteiger partial charge is 0.219 e. The number of Topliss-reactive ketones (excluding diaryl/α,β-unsaturated/α-hetero) is 1. The molecule has 0 saturated heterocycles. The Morgan fingerprint density at radius 3 is 2.13 bits per heavy atom. The molecule has 1 amide bonds. The number of carbonyl (C=O) groups excluding carboxylic acids is 2. The lowest BCUT2D eigenvalue weighted by molar-refractivity contribution is -0.123. The van der Waals surface area contributed by atoms with Crippen molar-refractivity contribution in [3.05, 3.63) is 0 Å². The molecule has 0 heterocycles. The third-order valence-corrected chi connectivity index (χ3v) is 5.07. The molecule has 4 heteroatoms. The van der Waals surface area contributed by atoms with Crippen LogP contribution in [0.3, 0.4) is 0 Å². The first-order valence-electron chi connectivity index (χ1n) is 9.45. The summed E-state index contributed by atoms with van der Waals surface area (Å²) < 4.78 is 5.54. The highest BCUT2D eigenvalue weighted by molar-refractivity contribution is 5.80. The van der Waals surface area contributed by atoms with E-state index in [1.165, 1.54) is 32.1 Å². The van der Waals surface area contributed by atoms with Crippen molar-refractivity contribution < 1.29 is 14.3 Å². The van der Waals surface area contributed by atoms with Gasteiger partial charge < -0.3 is 10.5 Å². The lowest BCUT2D eigenvalue weighted by Crippen LogP contribution is -2.22. The summed E-state index contributed by atoms with van der Waals surface area (Å²) in [5.74, 6) is 1.48. The third-order valence-electron chi connectivity index (χ3n) is 5.07. The molecule has 0 aliphatic heterocycles. The highest BCUT2D eigenvalue weighted by Gasteiger charge is 2.19. The summed E-state index contributed by atoms with van der Waals surface area (Å²) in [5, 5.41) is 0. The molecule has 134 valence electrons. The predicted molar refractivity (Wildman–Crippen MR) is 93.1 cm³/mol. The molecule has 0 spiro atoms. The van der Waals surface area contributed by atoms with Gasteiger partial charge in [-0.2, -0.15) is 0 Å². The van der Waals surface area contributed by atoms with Crippen LogP contribution in [0.2, 0.25) is 0 Å². The Hall–Kier alpha value is -0.900. The number of primary amides is 1. The summed E-state index contributed by atoms with van der Waals surface area (Å²) in [6.07, 6.45) is 12.5. The van der Waals surface area contributed by atoms with Crippen molar-refractivity contribution in [2.45, 2.75) is 90.6 Å². The van der Waals surface area contributed by atoms with Gasteiger partial charge in [-0.1, -0.05) is 33.1 Å². The lowest BCUT2D eigenvalue weighted by atomic mass is 9.85. The van der Waals surface area contributed by atoms with E-state index >= 15 is 0 Å². The van der Waals surface area contributed by atoms with E-state index < -0.39 is 0 Å². The van der Waals surface area contributed by atoms with Crippen molar-refractivity contribution in [3.8, 4) is 0 Å². The maximum absolute atomic E-state index is 11.2. The number of ether oxygens (including phenoxy) is 1. The zero-order valence-electron chi connectivity index (χ0n) is 15.0. The van der Waals surface area contributed by atoms with Crippen LogP contribution in [0.4, 0.5) is 0 Å². The van der Waals surface area contributed by atoms with Crippen molar-refractivity contribution in [1.82, 2.24) is 0 Å². The van der Waals surface area contributed by atoms with Gasteiger partial charge in [0, 0.05) is 18.8 Å². The second kappa shape index (κ2) is 11.6. The molecule has 0 aromatic carbocycles. The first kappa shape index (κ1) is 20.1. The van der Waals surface area contributed by atoms with E-state index in [1.54, 1.807) is 0 Å². The second-order valence-electron chi connectivity index (χ2n) is 7.12. The number of ketones is 1. The Kier molecular flexibility index (Phi) is 10.2. The van der Waals surface area contributed by atoms with E-state index in [1.807, 2.05) is 6.92 Å². The standard InChI is InChI=1S/C10H19NO2.C9H16O/c1-8-2-4-9(5-3-8)13-7-6-10(11)12;1-2-9(10)8-6-4-3-5-7-8/h8-9H,2-7H2,1H3,(H2,11,12);8H,2-7H2,1H3. The van der Waals surface area contributed by atoms with E-state index in [0.717, 1.165) is 38.0 Å². The summed E-state index contributed by atoms with van der Waals surface area (Å²) in [7, 11) is 0. The van der Waals surface area contributed by atoms with Crippen LogP contribution in [0.25, 0.3) is 0 Å². The molecule has 0 unspecified atom stereocenters. The van der Waals surface area contributed by atoms with Gasteiger partial charge in [0.25, 0.3) is 0 Å². The van der Waals surface area contributed by atoms with Crippen LogP contribution in [-0.4, -0.2) is 24.4 Å². The number of rotatable bonds is 6. The SMILES string of the molecule is CC1CCC(OCCC(N)=O)CC1.CCC(=O)C1CCCCC1. The van der Waals surface area contributed by atoms with Crippen LogP contribution in [0.15, 0.2) is 0 Å². The summed E-state index contributed by atoms with van der Waals surface area (Å²) in [5.41, 5.74) is 5.01. The number of hydrogen-bond acceptors (Lipinski definition) is 3. The Morgan fingerprint density at radius 1 is 1.00 bits per heavy atom. The van der Waals surface area contributed by atoms with Crippen molar-refractivity contribution in [3.63, 3.8) is 0 Å². The fraction of sp³-hybridized carbons (Fsp3) is 0.895. The van der Waals surface area contributed by atoms with E-state index in [-0.39, 0.29) is 5.91 Å². The number of nitrogens with two attached hydrogens (primary N) is 1. The van der Waals surface area contributed by atoms with Gasteiger partial charge in [0.15, 0.2) is 0 Å². The molecule has 0 bridgehead atoms.